The lowest BCUT2D eigenvalue weighted by Crippen LogP contribution is -2.13. The van der Waals surface area contributed by atoms with Gasteiger partial charge in [0.05, 0.1) is 5.69 Å². The number of carbonyl (C=O) groups is 2. The molecule has 3 aromatic rings. The van der Waals surface area contributed by atoms with Gasteiger partial charge in [0.25, 0.3) is 0 Å². The van der Waals surface area contributed by atoms with E-state index in [2.05, 4.69) is 10.3 Å². The average Bonchev–Trinajstić information content (AvgIpc) is 3.28. The molecule has 3 heterocycles. The van der Waals surface area contributed by atoms with E-state index >= 15 is 0 Å². The number of ketones is 1. The number of carbonyl (C=O) groups excluding carboxylic acids is 2. The molecule has 3 rings (SSSR count). The van der Waals surface area contributed by atoms with Gasteiger partial charge in [-0.15, -0.1) is 0 Å². The van der Waals surface area contributed by atoms with Crippen LogP contribution in [0, 0.1) is 27.7 Å². The van der Waals surface area contributed by atoms with Crippen LogP contribution in [0.3, 0.4) is 0 Å². The number of aromatic nitrogens is 4. The number of ether oxygens (including phenoxy) is 1. The standard InChI is InChI=1S/C20H21ClN4O4/c1-11-8-16(14(4)25(11)18-9-12(2)29-23-18)17(26)10-28-19(27)7-6-15-13(3)22-24(5)20(15)21/h6-9H,10H2,1-5H3/b7-6+. The smallest absolute Gasteiger partial charge is 0.331 e. The number of hydrogen-bond donors (Lipinski definition) is 0. The molecular weight excluding hydrogens is 396 g/mol. The normalized spacial score (nSPS) is 11.4. The molecule has 0 unspecified atom stereocenters. The zero-order valence-corrected chi connectivity index (χ0v) is 17.6. The number of hydrogen-bond acceptors (Lipinski definition) is 6. The Labute approximate surface area is 172 Å². The Hall–Kier alpha value is -3.13. The number of Topliss-reactive ketones (excluding diaryl/α,β-unsaturated/α-hetero) is 1. The summed E-state index contributed by atoms with van der Waals surface area (Å²) in [5.74, 6) is 0.325. The summed E-state index contributed by atoms with van der Waals surface area (Å²) in [4.78, 5) is 24.6. The molecular formula is C20H21ClN4O4. The summed E-state index contributed by atoms with van der Waals surface area (Å²) in [7, 11) is 1.71. The quantitative estimate of drug-likeness (QED) is 0.347. The van der Waals surface area contributed by atoms with Crippen LogP contribution in [0.15, 0.2) is 22.7 Å². The van der Waals surface area contributed by atoms with Crippen molar-refractivity contribution in [2.75, 3.05) is 6.61 Å². The van der Waals surface area contributed by atoms with Gasteiger partial charge in [0.1, 0.15) is 10.9 Å². The molecule has 0 saturated heterocycles. The molecule has 8 nitrogen and oxygen atoms in total. The first-order valence-electron chi connectivity index (χ1n) is 8.88. The van der Waals surface area contributed by atoms with Crippen molar-refractivity contribution in [2.45, 2.75) is 27.7 Å². The number of esters is 1. The van der Waals surface area contributed by atoms with Gasteiger partial charge in [0.2, 0.25) is 5.78 Å². The van der Waals surface area contributed by atoms with E-state index in [0.717, 1.165) is 5.69 Å². The van der Waals surface area contributed by atoms with Gasteiger partial charge in [-0.3, -0.25) is 14.0 Å². The van der Waals surface area contributed by atoms with Gasteiger partial charge in [-0.2, -0.15) is 5.10 Å². The summed E-state index contributed by atoms with van der Waals surface area (Å²) >= 11 is 6.12. The van der Waals surface area contributed by atoms with Gasteiger partial charge in [-0.1, -0.05) is 16.8 Å². The highest BCUT2D eigenvalue weighted by molar-refractivity contribution is 6.31. The third-order valence-corrected chi connectivity index (χ3v) is 4.95. The van der Waals surface area contributed by atoms with E-state index in [9.17, 15) is 9.59 Å². The van der Waals surface area contributed by atoms with Crippen molar-refractivity contribution in [2.24, 2.45) is 7.05 Å². The van der Waals surface area contributed by atoms with Crippen LogP contribution in [-0.4, -0.2) is 37.9 Å². The monoisotopic (exact) mass is 416 g/mol. The van der Waals surface area contributed by atoms with Crippen LogP contribution in [0.2, 0.25) is 5.15 Å². The lowest BCUT2D eigenvalue weighted by molar-refractivity contribution is -0.136. The van der Waals surface area contributed by atoms with Crippen molar-refractivity contribution in [3.63, 3.8) is 0 Å². The SMILES string of the molecule is Cc1cc(-n2c(C)cc(C(=O)COC(=O)/C=C/c3c(C)nn(C)c3Cl)c2C)no1. The maximum atomic E-state index is 12.6. The lowest BCUT2D eigenvalue weighted by Gasteiger charge is -2.05. The molecule has 0 bridgehead atoms. The molecule has 0 spiro atoms. The summed E-state index contributed by atoms with van der Waals surface area (Å²) in [6, 6.07) is 3.52. The fraction of sp³-hybridized carbons (Fsp3) is 0.300. The molecule has 9 heteroatoms. The number of aryl methyl sites for hydroxylation is 4. The van der Waals surface area contributed by atoms with Gasteiger partial charge in [0.15, 0.2) is 12.4 Å². The van der Waals surface area contributed by atoms with E-state index in [-0.39, 0.29) is 12.4 Å². The third-order valence-electron chi connectivity index (χ3n) is 4.50. The number of nitrogens with zero attached hydrogens (tertiary/aromatic N) is 4. The van der Waals surface area contributed by atoms with Crippen molar-refractivity contribution >= 4 is 29.4 Å². The van der Waals surface area contributed by atoms with Crippen LogP contribution < -0.4 is 0 Å². The Morgan fingerprint density at radius 2 is 1.97 bits per heavy atom. The molecule has 0 radical (unpaired) electrons. The van der Waals surface area contributed by atoms with Gasteiger partial charge in [-0.25, -0.2) is 4.79 Å². The van der Waals surface area contributed by atoms with E-state index in [1.54, 1.807) is 40.0 Å². The summed E-state index contributed by atoms with van der Waals surface area (Å²) in [6.07, 6.45) is 2.75. The second-order valence-corrected chi connectivity index (χ2v) is 7.05. The largest absolute Gasteiger partial charge is 0.454 e. The predicted octanol–water partition coefficient (Wildman–Crippen LogP) is 3.53. The average molecular weight is 417 g/mol. The van der Waals surface area contributed by atoms with Crippen LogP contribution in [0.25, 0.3) is 11.9 Å². The summed E-state index contributed by atoms with van der Waals surface area (Å²) < 4.78 is 13.5. The van der Waals surface area contributed by atoms with Gasteiger partial charge in [-0.05, 0) is 39.8 Å². The second kappa shape index (κ2) is 8.08. The molecule has 0 aromatic carbocycles. The van der Waals surface area contributed by atoms with Gasteiger partial charge < -0.3 is 9.26 Å². The minimum atomic E-state index is -0.640. The zero-order chi connectivity index (χ0) is 21.3. The Kier molecular flexibility index (Phi) is 5.74. The molecule has 0 aliphatic heterocycles. The molecule has 152 valence electrons. The molecule has 3 aromatic heterocycles. The topological polar surface area (TPSA) is 92.2 Å². The van der Waals surface area contributed by atoms with E-state index in [4.69, 9.17) is 20.9 Å². The first-order chi connectivity index (χ1) is 13.7. The van der Waals surface area contributed by atoms with E-state index in [1.807, 2.05) is 11.5 Å². The molecule has 0 atom stereocenters. The van der Waals surface area contributed by atoms with Gasteiger partial charge in [0, 0.05) is 41.7 Å². The first kappa shape index (κ1) is 20.6. The minimum Gasteiger partial charge on any atom is -0.454 e. The highest BCUT2D eigenvalue weighted by atomic mass is 35.5. The van der Waals surface area contributed by atoms with Crippen LogP contribution in [-0.2, 0) is 16.6 Å². The Morgan fingerprint density at radius 1 is 1.24 bits per heavy atom. The highest BCUT2D eigenvalue weighted by Crippen LogP contribution is 2.22. The van der Waals surface area contributed by atoms with Crippen LogP contribution in [0.1, 0.15) is 38.8 Å². The van der Waals surface area contributed by atoms with Crippen molar-refractivity contribution in [1.29, 1.82) is 0 Å². The second-order valence-electron chi connectivity index (χ2n) is 6.69. The molecule has 0 N–H and O–H groups in total. The number of halogens is 1. The minimum absolute atomic E-state index is 0.304. The molecule has 0 amide bonds. The molecule has 0 saturated carbocycles. The van der Waals surface area contributed by atoms with Crippen molar-refractivity contribution in [3.05, 3.63) is 57.3 Å². The molecule has 0 fully saturated rings. The maximum absolute atomic E-state index is 12.6. The molecule has 0 aliphatic rings. The molecule has 29 heavy (non-hydrogen) atoms. The van der Waals surface area contributed by atoms with Crippen molar-refractivity contribution in [3.8, 4) is 5.82 Å². The Balaban J connectivity index is 1.68. The lowest BCUT2D eigenvalue weighted by atomic mass is 10.1. The fourth-order valence-electron chi connectivity index (χ4n) is 3.11. The fourth-order valence-corrected chi connectivity index (χ4v) is 3.34. The first-order valence-corrected chi connectivity index (χ1v) is 9.26. The Bertz CT molecular complexity index is 1120. The van der Waals surface area contributed by atoms with Crippen LogP contribution in [0.4, 0.5) is 0 Å². The van der Waals surface area contributed by atoms with Crippen molar-refractivity contribution in [1.82, 2.24) is 19.5 Å². The van der Waals surface area contributed by atoms with Gasteiger partial charge >= 0.3 is 5.97 Å². The Morgan fingerprint density at radius 3 is 2.55 bits per heavy atom. The summed E-state index contributed by atoms with van der Waals surface area (Å²) in [6.45, 7) is 6.88. The van der Waals surface area contributed by atoms with E-state index in [1.165, 1.54) is 16.8 Å². The van der Waals surface area contributed by atoms with Crippen LogP contribution in [0.5, 0.6) is 0 Å². The number of rotatable bonds is 6. The maximum Gasteiger partial charge on any atom is 0.331 e. The van der Waals surface area contributed by atoms with E-state index in [0.29, 0.717) is 39.2 Å². The third kappa shape index (κ3) is 4.17. The van der Waals surface area contributed by atoms with E-state index < -0.39 is 5.97 Å². The zero-order valence-electron chi connectivity index (χ0n) is 16.8. The summed E-state index contributed by atoms with van der Waals surface area (Å²) in [5, 5.41) is 8.57. The van der Waals surface area contributed by atoms with Crippen LogP contribution >= 0.6 is 11.6 Å². The molecule has 0 aliphatic carbocycles. The van der Waals surface area contributed by atoms with Crippen molar-refractivity contribution < 1.29 is 18.8 Å². The summed E-state index contributed by atoms with van der Waals surface area (Å²) in [5.41, 5.74) is 3.31. The predicted molar refractivity (Wildman–Crippen MR) is 107 cm³/mol. The highest BCUT2D eigenvalue weighted by Gasteiger charge is 2.19.